The second-order valence-electron chi connectivity index (χ2n) is 28.0. The minimum atomic E-state index is -4.94. The van der Waals surface area contributed by atoms with Crippen molar-refractivity contribution in [3.8, 4) is 67.5 Å². The summed E-state index contributed by atoms with van der Waals surface area (Å²) in [6.45, 7) is 61.5. The summed E-state index contributed by atoms with van der Waals surface area (Å²) >= 11 is 1.90. The molecule has 670 valence electrons. The van der Waals surface area contributed by atoms with E-state index in [4.69, 9.17) is 15.4 Å². The summed E-state index contributed by atoms with van der Waals surface area (Å²) in [5.74, 6) is 2.37. The Morgan fingerprint density at radius 2 is 0.730 bits per heavy atom. The second-order valence-corrected chi connectivity index (χ2v) is 29.4. The summed E-state index contributed by atoms with van der Waals surface area (Å²) in [5.41, 5.74) is 19.1. The van der Waals surface area contributed by atoms with Gasteiger partial charge < -0.3 is 29.9 Å². The number of aromatic hydroxyl groups is 1. The Morgan fingerprint density at radius 1 is 0.377 bits per heavy atom. The number of carbonyl (C=O) groups excluding carboxylic acids is 2. The molecule has 0 aromatic heterocycles. The van der Waals surface area contributed by atoms with E-state index in [9.17, 15) is 56.0 Å². The van der Waals surface area contributed by atoms with Gasteiger partial charge in [-0.1, -0.05) is 195 Å². The van der Waals surface area contributed by atoms with Crippen molar-refractivity contribution < 1.29 is 77.6 Å². The number of carboxylic acid groups (broad SMARTS) is 1. The predicted molar refractivity (Wildman–Crippen MR) is 502 cm³/mol. The van der Waals surface area contributed by atoms with E-state index in [1.807, 2.05) is 128 Å². The number of benzene rings is 10. The number of fused-ring (bicyclic) bond motifs is 9. The molecular formula is C103H138F6O11Po2. The normalized spacial score (nSPS) is 13.1. The van der Waals surface area contributed by atoms with Gasteiger partial charge >= 0.3 is 234 Å². The molecule has 0 radical (unpaired) electrons. The predicted octanol–water partition coefficient (Wildman–Crippen LogP) is 28.3. The molecule has 11 nitrogen and oxygen atoms in total. The zero-order valence-electron chi connectivity index (χ0n) is 76.4. The maximum absolute atomic E-state index is 14.0. The van der Waals surface area contributed by atoms with Crippen LogP contribution < -0.4 is 10.3 Å². The SMILES string of the molecule is C.C.CC.CC.CC.CC.CC.CC.CC(=O)COc1c(C)c(C)c2c(c1C)C(O)(C(F)(F)F)c1ccccc1-2.Cc1c(C)c2c(c(C)c1COC(=O)O)C(O)(C(F)(F)F)c1ccccc1-2.Cc1c(C)c2c(c(C)c1O)C(=O)c1ccccc1-2.Cc1cc(C)c([O][PoH])c(C)c1C.Cc1ccccc1-c1cc(C)c([O][PoH])c(C)c1C.Cc1ccccc1C.[3HH]. The Bertz CT molecular complexity index is 5030. The molecule has 0 saturated carbocycles. The number of halogens is 6. The van der Waals surface area contributed by atoms with Crippen molar-refractivity contribution in [2.75, 3.05) is 6.61 Å². The summed E-state index contributed by atoms with van der Waals surface area (Å²) in [6, 6.07) is 40.9. The standard InChI is InChI=1S/C20H19F3O3.C19H17F3O4.C16H14O2.C16H18O.C10H14O.C8H10.6C2H6.2CH4.2Po.H2.2H/c1-10(24)9-26-18-12(3)11(2)16-14-7-5-6-8-15(14)19(25,20(21,22)23)17(16)13(18)4;1-9-10(2)15-12-6-4-5-7-14(12)18(25,19(20,21)22)16(15)11(3)13(9)8-26-17(23)24;1-8-9(2)15(17)10(3)14-13(8)11-6-4-5-7-12(11)16(14)18;1-10-7-5-6-8-14(10)15-9-11(2)16(17)13(4)12(15)3;1-6-5-7(2)10(11)9(4)8(6)3;1-7-5-3-4-6-8(7)2;6*1-2;;;;;;;/h5-8,25H,9H2,1-4H3;4-7,25H,8H2,1-3H3,(H,23,24);4-7,17H,1-3H3;5-9,17H,1-4H3;5,11H,1-4H3;3-6H,1-2H3;6*1-2H3;2*1H4;;;1H;;/q;;;;;;;;;;;;;;2*+1;;;/p-2/i;;;;;;;;;;;;;;;;1+2;;. The van der Waals surface area contributed by atoms with Crippen LogP contribution in [-0.4, -0.2) is 108 Å². The maximum atomic E-state index is 14.0. The van der Waals surface area contributed by atoms with Crippen molar-refractivity contribution >= 4 is 68.7 Å². The van der Waals surface area contributed by atoms with Crippen molar-refractivity contribution in [1.82, 2.24) is 0 Å². The van der Waals surface area contributed by atoms with Crippen LogP contribution in [0.15, 0.2) is 133 Å². The Kier molecular flexibility index (Phi) is 46.7. The summed E-state index contributed by atoms with van der Waals surface area (Å²) in [4.78, 5) is 34.4. The van der Waals surface area contributed by atoms with Crippen LogP contribution in [0.5, 0.6) is 23.0 Å². The van der Waals surface area contributed by atoms with Gasteiger partial charge in [-0.15, -0.1) is 0 Å². The average Bonchev–Trinajstić information content (AvgIpc) is 1.54. The van der Waals surface area contributed by atoms with Crippen LogP contribution in [0.3, 0.4) is 0 Å². The number of phenolic OH excluding ortho intramolecular Hbond substituents is 1. The first kappa shape index (κ1) is 113. The van der Waals surface area contributed by atoms with Gasteiger partial charge in [0.1, 0.15) is 24.7 Å². The fourth-order valence-corrected chi connectivity index (χ4v) is 17.0. The van der Waals surface area contributed by atoms with E-state index in [1.54, 1.807) is 52.0 Å². The molecule has 13 rings (SSSR count). The van der Waals surface area contributed by atoms with Crippen molar-refractivity contribution in [2.45, 2.75) is 267 Å². The molecule has 3 aliphatic rings. The molecule has 2 unspecified atom stereocenters. The molecule has 3 aliphatic carbocycles. The van der Waals surface area contributed by atoms with E-state index in [-0.39, 0.29) is 85.9 Å². The zero-order chi connectivity index (χ0) is 92.5. The molecule has 4 N–H and O–H groups in total. The van der Waals surface area contributed by atoms with Gasteiger partial charge in [-0.3, -0.25) is 9.59 Å². The van der Waals surface area contributed by atoms with E-state index in [0.29, 0.717) is 61.2 Å². The van der Waals surface area contributed by atoms with Gasteiger partial charge in [-0.2, -0.15) is 26.3 Å². The van der Waals surface area contributed by atoms with Gasteiger partial charge in [-0.05, 0) is 178 Å². The topological polar surface area (TPSA) is 169 Å². The number of ether oxygens (including phenoxy) is 2. The quantitative estimate of drug-likeness (QED) is 0.0844. The van der Waals surface area contributed by atoms with Gasteiger partial charge in [0.25, 0.3) is 0 Å². The Balaban J connectivity index is 0. The fraction of sp³-hybridized carbons (Fsp3) is 0.388. The van der Waals surface area contributed by atoms with Crippen molar-refractivity contribution in [3.05, 3.63) is 278 Å². The summed E-state index contributed by atoms with van der Waals surface area (Å²) in [7, 11) is 0. The Hall–Kier alpha value is -8.70. The molecule has 0 fully saturated rings. The van der Waals surface area contributed by atoms with E-state index in [0.717, 1.165) is 90.3 Å². The van der Waals surface area contributed by atoms with E-state index in [1.165, 1.54) is 112 Å². The van der Waals surface area contributed by atoms with E-state index < -0.39 is 29.7 Å². The third kappa shape index (κ3) is 23.8. The van der Waals surface area contributed by atoms with Crippen molar-refractivity contribution in [3.63, 3.8) is 0 Å². The number of carbonyl (C=O) groups is 3. The molecule has 0 amide bonds. The first-order chi connectivity index (χ1) is 56.5. The molecule has 2 atom stereocenters. The second kappa shape index (κ2) is 50.3. The molecule has 19 heteroatoms. The van der Waals surface area contributed by atoms with Gasteiger partial charge in [0, 0.05) is 40.4 Å². The van der Waals surface area contributed by atoms with Gasteiger partial charge in [0.15, 0.2) is 11.6 Å². The van der Waals surface area contributed by atoms with Crippen LogP contribution in [-0.2, 0) is 27.3 Å². The summed E-state index contributed by atoms with van der Waals surface area (Å²) in [6.07, 6.45) is -11.4. The van der Waals surface area contributed by atoms with E-state index >= 15 is 0 Å². The Labute approximate surface area is 759 Å². The number of aliphatic hydroxyl groups is 2. The number of ketones is 2. The van der Waals surface area contributed by atoms with Crippen LogP contribution in [0, 0.1) is 132 Å². The number of hydrogen-bond donors (Lipinski definition) is 4. The molecule has 122 heavy (non-hydrogen) atoms. The number of Topliss-reactive ketones (excluding diaryl/α,β-unsaturated/α-hetero) is 1. The Morgan fingerprint density at radius 3 is 1.13 bits per heavy atom. The third-order valence-electron chi connectivity index (χ3n) is 21.5. The number of aryl methyl sites for hydroxylation is 6. The van der Waals surface area contributed by atoms with Crippen LogP contribution >= 0.6 is 0 Å². The van der Waals surface area contributed by atoms with Crippen LogP contribution in [0.4, 0.5) is 31.1 Å². The van der Waals surface area contributed by atoms with Crippen LogP contribution in [0.1, 0.15) is 256 Å². The average molecular weight is 2090 g/mol. The fourth-order valence-electron chi connectivity index (χ4n) is 14.8. The number of hydrogen-bond acceptors (Lipinski definition) is 10. The van der Waals surface area contributed by atoms with Gasteiger partial charge in [-0.25, -0.2) is 4.79 Å². The zero-order valence-corrected chi connectivity index (χ0v) is 83.4. The van der Waals surface area contributed by atoms with Crippen LogP contribution in [0.2, 0.25) is 0 Å². The van der Waals surface area contributed by atoms with Crippen molar-refractivity contribution in [2.24, 2.45) is 0 Å². The molecule has 0 saturated heterocycles. The molecule has 0 spiro atoms. The summed E-state index contributed by atoms with van der Waals surface area (Å²) < 4.78 is 105. The minimum Gasteiger partial charge on any atom is -0.0620 e. The molecular weight excluding hydrogens is 1950 g/mol. The first-order valence-electron chi connectivity index (χ1n) is 40.9. The molecule has 0 bridgehead atoms. The van der Waals surface area contributed by atoms with E-state index in [2.05, 4.69) is 135 Å². The smallest absolute Gasteiger partial charge is 0 e. The molecule has 0 aliphatic heterocycles. The van der Waals surface area contributed by atoms with Gasteiger partial charge in [0.05, 0.1) is 0 Å². The monoisotopic (exact) mass is 2080 g/mol. The third-order valence-corrected chi connectivity index (χ3v) is 22.9. The number of alkyl halides is 6. The van der Waals surface area contributed by atoms with Crippen molar-refractivity contribution in [1.29, 1.82) is 0 Å². The molecule has 10 aromatic carbocycles. The minimum absolute atomic E-state index is 0. The van der Waals surface area contributed by atoms with Crippen LogP contribution in [0.25, 0.3) is 44.5 Å². The largest absolute Gasteiger partial charge is 0.0620 e. The number of phenols is 1. The molecule has 10 aromatic rings. The first-order valence-corrected chi connectivity index (χ1v) is 43.7. The van der Waals surface area contributed by atoms with Gasteiger partial charge in [0.2, 0.25) is 11.2 Å². The summed E-state index contributed by atoms with van der Waals surface area (Å²) in [5, 5.41) is 40.6. The molecule has 0 heterocycles. The number of rotatable bonds is 8. The maximum Gasteiger partial charge on any atom is 0 e.